The van der Waals surface area contributed by atoms with E-state index >= 15 is 0 Å². The summed E-state index contributed by atoms with van der Waals surface area (Å²) in [6, 6.07) is 16.1. The Kier molecular flexibility index (Phi) is 9.07. The molecule has 0 radical (unpaired) electrons. The maximum absolute atomic E-state index is 12.9. The molecule has 1 aliphatic heterocycles. The van der Waals surface area contributed by atoms with Gasteiger partial charge in [-0.05, 0) is 101 Å². The van der Waals surface area contributed by atoms with Crippen molar-refractivity contribution in [3.05, 3.63) is 64.2 Å². The average Bonchev–Trinajstić information content (AvgIpc) is 2.92. The lowest BCUT2D eigenvalue weighted by Gasteiger charge is -2.36. The Balaban J connectivity index is 1.24. The second-order valence-corrected chi connectivity index (χ2v) is 12.1. The van der Waals surface area contributed by atoms with Crippen molar-refractivity contribution in [3.8, 4) is 6.07 Å². The minimum Gasteiger partial charge on any atom is -0.444 e. The number of nitrogens with zero attached hydrogens (tertiary/aromatic N) is 3. The SMILES string of the molecule is CN(c1ccc(C#N)c(Cl)c1)C1CCC(NC(=O)c2ccc(C3CCN(C(=O)OC(C)(C)C)CC3)cc2)CC1. The largest absolute Gasteiger partial charge is 0.444 e. The van der Waals surface area contributed by atoms with Gasteiger partial charge in [0.2, 0.25) is 0 Å². The molecule has 208 valence electrons. The van der Waals surface area contributed by atoms with Crippen molar-refractivity contribution >= 4 is 29.3 Å². The van der Waals surface area contributed by atoms with E-state index in [9.17, 15) is 9.59 Å². The topological polar surface area (TPSA) is 85.7 Å². The molecule has 1 saturated carbocycles. The predicted molar refractivity (Wildman–Crippen MR) is 154 cm³/mol. The molecule has 2 amide bonds. The Hall–Kier alpha value is -3.24. The number of piperidine rings is 1. The molecule has 8 heteroatoms. The number of nitrogens with one attached hydrogen (secondary N) is 1. The number of carbonyl (C=O) groups excluding carboxylic acids is 2. The van der Waals surface area contributed by atoms with Gasteiger partial charge in [-0.15, -0.1) is 0 Å². The Morgan fingerprint density at radius 1 is 1.03 bits per heavy atom. The van der Waals surface area contributed by atoms with E-state index in [4.69, 9.17) is 21.6 Å². The highest BCUT2D eigenvalue weighted by Gasteiger charge is 2.28. The van der Waals surface area contributed by atoms with E-state index < -0.39 is 5.60 Å². The predicted octanol–water partition coefficient (Wildman–Crippen LogP) is 6.50. The van der Waals surface area contributed by atoms with Crippen molar-refractivity contribution in [2.24, 2.45) is 0 Å². The van der Waals surface area contributed by atoms with Gasteiger partial charge in [-0.2, -0.15) is 5.26 Å². The third-order valence-corrected chi connectivity index (χ3v) is 8.16. The fourth-order valence-electron chi connectivity index (χ4n) is 5.53. The minimum absolute atomic E-state index is 0.0306. The van der Waals surface area contributed by atoms with Crippen LogP contribution in [0.25, 0.3) is 0 Å². The number of hydrogen-bond donors (Lipinski definition) is 1. The number of rotatable bonds is 5. The average molecular weight is 551 g/mol. The molecule has 1 N–H and O–H groups in total. The van der Waals surface area contributed by atoms with E-state index in [2.05, 4.69) is 35.5 Å². The van der Waals surface area contributed by atoms with E-state index in [1.54, 1.807) is 11.0 Å². The summed E-state index contributed by atoms with van der Waals surface area (Å²) >= 11 is 6.23. The van der Waals surface area contributed by atoms with E-state index in [1.807, 2.05) is 45.0 Å². The molecule has 0 aromatic heterocycles. The third-order valence-electron chi connectivity index (χ3n) is 7.85. The second-order valence-electron chi connectivity index (χ2n) is 11.7. The number of nitriles is 1. The van der Waals surface area contributed by atoms with Gasteiger partial charge in [-0.1, -0.05) is 23.7 Å². The van der Waals surface area contributed by atoms with Crippen LogP contribution in [0.3, 0.4) is 0 Å². The lowest BCUT2D eigenvalue weighted by Crippen LogP contribution is -2.43. The molecular weight excluding hydrogens is 512 g/mol. The summed E-state index contributed by atoms with van der Waals surface area (Å²) in [5.74, 6) is 0.344. The van der Waals surface area contributed by atoms with Gasteiger partial charge in [0.1, 0.15) is 11.7 Å². The van der Waals surface area contributed by atoms with Crippen LogP contribution in [-0.4, -0.2) is 54.7 Å². The number of ether oxygens (including phenoxy) is 1. The molecule has 0 atom stereocenters. The Morgan fingerprint density at radius 3 is 2.23 bits per heavy atom. The fourth-order valence-corrected chi connectivity index (χ4v) is 5.75. The van der Waals surface area contributed by atoms with Gasteiger partial charge in [-0.3, -0.25) is 4.79 Å². The van der Waals surface area contributed by atoms with Crippen molar-refractivity contribution in [3.63, 3.8) is 0 Å². The van der Waals surface area contributed by atoms with Gasteiger partial charge in [0, 0.05) is 43.5 Å². The van der Waals surface area contributed by atoms with Crippen molar-refractivity contribution in [2.75, 3.05) is 25.0 Å². The molecule has 0 bridgehead atoms. The van der Waals surface area contributed by atoms with Gasteiger partial charge >= 0.3 is 6.09 Å². The van der Waals surface area contributed by atoms with E-state index in [0.717, 1.165) is 44.2 Å². The van der Waals surface area contributed by atoms with Crippen molar-refractivity contribution < 1.29 is 14.3 Å². The van der Waals surface area contributed by atoms with Gasteiger partial charge in [-0.25, -0.2) is 4.79 Å². The quantitative estimate of drug-likeness (QED) is 0.459. The zero-order valence-electron chi connectivity index (χ0n) is 23.4. The first-order chi connectivity index (χ1) is 18.5. The Labute approximate surface area is 237 Å². The van der Waals surface area contributed by atoms with Crippen LogP contribution in [0.2, 0.25) is 5.02 Å². The lowest BCUT2D eigenvalue weighted by atomic mass is 9.88. The normalized spacial score (nSPS) is 20.2. The first kappa shape index (κ1) is 28.8. The summed E-state index contributed by atoms with van der Waals surface area (Å²) in [5.41, 5.74) is 2.89. The second kappa shape index (κ2) is 12.3. The van der Waals surface area contributed by atoms with Crippen molar-refractivity contribution in [2.45, 2.75) is 82.9 Å². The molecule has 39 heavy (non-hydrogen) atoms. The van der Waals surface area contributed by atoms with Crippen molar-refractivity contribution in [1.29, 1.82) is 5.26 Å². The number of benzene rings is 2. The highest BCUT2D eigenvalue weighted by Crippen LogP contribution is 2.31. The molecule has 4 rings (SSSR count). The van der Waals surface area contributed by atoms with Gasteiger partial charge in [0.05, 0.1) is 10.6 Å². The molecule has 2 aromatic rings. The summed E-state index contributed by atoms with van der Waals surface area (Å²) in [4.78, 5) is 29.3. The van der Waals surface area contributed by atoms with Crippen LogP contribution in [-0.2, 0) is 4.74 Å². The van der Waals surface area contributed by atoms with Crippen LogP contribution in [0.15, 0.2) is 42.5 Å². The monoisotopic (exact) mass is 550 g/mol. The van der Waals surface area contributed by atoms with Gasteiger partial charge < -0.3 is 19.9 Å². The van der Waals surface area contributed by atoms with Crippen LogP contribution in [0.4, 0.5) is 10.5 Å². The molecular formula is C31H39ClN4O3. The summed E-state index contributed by atoms with van der Waals surface area (Å²) in [6.07, 6.45) is 5.30. The minimum atomic E-state index is -0.485. The van der Waals surface area contributed by atoms with E-state index in [0.29, 0.717) is 41.2 Å². The number of amides is 2. The highest BCUT2D eigenvalue weighted by molar-refractivity contribution is 6.32. The summed E-state index contributed by atoms with van der Waals surface area (Å²) < 4.78 is 5.50. The molecule has 2 aromatic carbocycles. The lowest BCUT2D eigenvalue weighted by molar-refractivity contribution is 0.0204. The van der Waals surface area contributed by atoms with Crippen LogP contribution in [0.1, 0.15) is 86.7 Å². The summed E-state index contributed by atoms with van der Waals surface area (Å²) in [7, 11) is 2.06. The standard InChI is InChI=1S/C31H39ClN4O3/c1-31(2,3)39-30(38)36-17-15-22(16-18-36)21-5-7-23(8-6-21)29(37)34-25-10-13-26(14-11-25)35(4)27-12-9-24(20-33)28(32)19-27/h5-9,12,19,22,25-26H,10-11,13-18H2,1-4H3,(H,34,37). The maximum atomic E-state index is 12.9. The molecule has 7 nitrogen and oxygen atoms in total. The van der Waals surface area contributed by atoms with Gasteiger partial charge in [0.25, 0.3) is 5.91 Å². The van der Waals surface area contributed by atoms with Crippen molar-refractivity contribution in [1.82, 2.24) is 10.2 Å². The van der Waals surface area contributed by atoms with Gasteiger partial charge in [0.15, 0.2) is 0 Å². The van der Waals surface area contributed by atoms with Crippen LogP contribution in [0.5, 0.6) is 0 Å². The van der Waals surface area contributed by atoms with Crippen LogP contribution < -0.4 is 10.2 Å². The number of halogens is 1. The van der Waals surface area contributed by atoms with E-state index in [-0.39, 0.29) is 18.0 Å². The van der Waals surface area contributed by atoms with Crippen LogP contribution >= 0.6 is 11.6 Å². The number of carbonyl (C=O) groups is 2. The van der Waals surface area contributed by atoms with E-state index in [1.165, 1.54) is 5.56 Å². The summed E-state index contributed by atoms with van der Waals surface area (Å²) in [6.45, 7) is 7.01. The Bertz CT molecular complexity index is 1200. The molecule has 1 saturated heterocycles. The summed E-state index contributed by atoms with van der Waals surface area (Å²) in [5, 5.41) is 12.8. The molecule has 0 spiro atoms. The number of likely N-dealkylation sites (tertiary alicyclic amines) is 1. The maximum Gasteiger partial charge on any atom is 0.410 e. The zero-order chi connectivity index (χ0) is 28.2. The Morgan fingerprint density at radius 2 is 1.67 bits per heavy atom. The third kappa shape index (κ3) is 7.45. The molecule has 1 heterocycles. The molecule has 1 aliphatic carbocycles. The highest BCUT2D eigenvalue weighted by atomic mass is 35.5. The number of anilines is 1. The fraction of sp³-hybridized carbons (Fsp3) is 0.516. The molecule has 2 fully saturated rings. The molecule has 2 aliphatic rings. The smallest absolute Gasteiger partial charge is 0.410 e. The molecule has 0 unspecified atom stereocenters. The van der Waals surface area contributed by atoms with Crippen LogP contribution in [0, 0.1) is 11.3 Å². The number of hydrogen-bond acceptors (Lipinski definition) is 5. The first-order valence-corrected chi connectivity index (χ1v) is 14.2. The zero-order valence-corrected chi connectivity index (χ0v) is 24.1. The first-order valence-electron chi connectivity index (χ1n) is 13.9.